The summed E-state index contributed by atoms with van der Waals surface area (Å²) in [5, 5.41) is 3.40. The van der Waals surface area contributed by atoms with E-state index in [1.807, 2.05) is 6.07 Å². The smallest absolute Gasteiger partial charge is 0.107 e. The second-order valence-corrected chi connectivity index (χ2v) is 4.60. The highest BCUT2D eigenvalue weighted by Crippen LogP contribution is 2.18. The molecule has 2 aromatic rings. The number of benzene rings is 1. The average molecular weight is 215 g/mol. The largest absolute Gasteiger partial charge is 0.342 e. The molecular formula is C13H17N3. The first kappa shape index (κ1) is 9.85. The van der Waals surface area contributed by atoms with E-state index in [1.165, 1.54) is 12.8 Å². The van der Waals surface area contributed by atoms with Crippen LogP contribution in [0.4, 0.5) is 0 Å². The number of imidazole rings is 1. The molecule has 0 unspecified atom stereocenters. The zero-order chi connectivity index (χ0) is 10.8. The fourth-order valence-electron chi connectivity index (χ4n) is 2.46. The van der Waals surface area contributed by atoms with Crippen molar-refractivity contribution < 1.29 is 0 Å². The molecule has 0 spiro atoms. The minimum absolute atomic E-state index is 0.793. The predicted molar refractivity (Wildman–Crippen MR) is 65.4 cm³/mol. The van der Waals surface area contributed by atoms with Crippen molar-refractivity contribution in [1.82, 2.24) is 15.3 Å². The number of H-pyrrole nitrogens is 1. The molecule has 84 valence electrons. The number of rotatable bonds is 2. The maximum absolute atomic E-state index is 4.63. The molecule has 3 rings (SSSR count). The molecule has 2 heterocycles. The van der Waals surface area contributed by atoms with E-state index in [2.05, 4.69) is 33.5 Å². The van der Waals surface area contributed by atoms with Gasteiger partial charge in [0.2, 0.25) is 0 Å². The second kappa shape index (κ2) is 4.26. The third-order valence-electron chi connectivity index (χ3n) is 3.38. The molecule has 0 amide bonds. The van der Waals surface area contributed by atoms with Crippen LogP contribution in [0, 0.1) is 5.92 Å². The normalized spacial score (nSPS) is 18.0. The summed E-state index contributed by atoms with van der Waals surface area (Å²) in [6.45, 7) is 2.32. The lowest BCUT2D eigenvalue weighted by Crippen LogP contribution is -2.28. The Bertz CT molecular complexity index is 436. The van der Waals surface area contributed by atoms with E-state index in [4.69, 9.17) is 0 Å². The van der Waals surface area contributed by atoms with Gasteiger partial charge in [-0.25, -0.2) is 4.98 Å². The van der Waals surface area contributed by atoms with Crippen LogP contribution < -0.4 is 5.32 Å². The molecule has 1 fully saturated rings. The summed E-state index contributed by atoms with van der Waals surface area (Å²) >= 11 is 0. The van der Waals surface area contributed by atoms with Gasteiger partial charge in [-0.1, -0.05) is 12.1 Å². The van der Waals surface area contributed by atoms with Gasteiger partial charge in [-0.3, -0.25) is 0 Å². The van der Waals surface area contributed by atoms with Crippen LogP contribution in [0.5, 0.6) is 0 Å². The number of nitrogens with one attached hydrogen (secondary N) is 2. The van der Waals surface area contributed by atoms with Gasteiger partial charge in [-0.2, -0.15) is 0 Å². The van der Waals surface area contributed by atoms with Crippen molar-refractivity contribution in [2.75, 3.05) is 13.1 Å². The SMILES string of the molecule is c1ccc2[nH]c(CC3CCNCC3)nc2c1. The molecule has 0 atom stereocenters. The monoisotopic (exact) mass is 215 g/mol. The number of piperidine rings is 1. The summed E-state index contributed by atoms with van der Waals surface area (Å²) in [6, 6.07) is 8.25. The Morgan fingerprint density at radius 3 is 2.81 bits per heavy atom. The number of hydrogen-bond acceptors (Lipinski definition) is 2. The molecule has 0 radical (unpaired) electrons. The van der Waals surface area contributed by atoms with E-state index >= 15 is 0 Å². The number of fused-ring (bicyclic) bond motifs is 1. The standard InChI is InChI=1S/C13H17N3/c1-2-4-12-11(3-1)15-13(16-12)9-10-5-7-14-8-6-10/h1-4,10,14H,5-9H2,(H,15,16). The molecular weight excluding hydrogens is 198 g/mol. The van der Waals surface area contributed by atoms with Crippen molar-refractivity contribution in [1.29, 1.82) is 0 Å². The van der Waals surface area contributed by atoms with Gasteiger partial charge >= 0.3 is 0 Å². The van der Waals surface area contributed by atoms with E-state index in [-0.39, 0.29) is 0 Å². The summed E-state index contributed by atoms with van der Waals surface area (Å²) in [4.78, 5) is 8.04. The van der Waals surface area contributed by atoms with Crippen LogP contribution in [0.15, 0.2) is 24.3 Å². The molecule has 1 aromatic heterocycles. The molecule has 1 aliphatic heterocycles. The highest BCUT2D eigenvalue weighted by Gasteiger charge is 2.15. The topological polar surface area (TPSA) is 40.7 Å². The van der Waals surface area contributed by atoms with Crippen LogP contribution in [-0.2, 0) is 6.42 Å². The van der Waals surface area contributed by atoms with Gasteiger partial charge in [0.25, 0.3) is 0 Å². The molecule has 0 saturated carbocycles. The summed E-state index contributed by atoms with van der Waals surface area (Å²) < 4.78 is 0. The van der Waals surface area contributed by atoms with Gasteiger partial charge in [-0.05, 0) is 44.0 Å². The van der Waals surface area contributed by atoms with Crippen LogP contribution in [0.25, 0.3) is 11.0 Å². The van der Waals surface area contributed by atoms with E-state index < -0.39 is 0 Å². The van der Waals surface area contributed by atoms with Crippen molar-refractivity contribution in [3.63, 3.8) is 0 Å². The van der Waals surface area contributed by atoms with Gasteiger partial charge in [0.15, 0.2) is 0 Å². The maximum Gasteiger partial charge on any atom is 0.107 e. The van der Waals surface area contributed by atoms with Crippen LogP contribution in [0.3, 0.4) is 0 Å². The summed E-state index contributed by atoms with van der Waals surface area (Å²) in [7, 11) is 0. The van der Waals surface area contributed by atoms with Crippen molar-refractivity contribution in [3.8, 4) is 0 Å². The minimum atomic E-state index is 0.793. The lowest BCUT2D eigenvalue weighted by atomic mass is 9.94. The number of aromatic amines is 1. The van der Waals surface area contributed by atoms with E-state index in [0.29, 0.717) is 0 Å². The van der Waals surface area contributed by atoms with Crippen LogP contribution in [0.2, 0.25) is 0 Å². The Morgan fingerprint density at radius 1 is 1.19 bits per heavy atom. The quantitative estimate of drug-likeness (QED) is 0.805. The summed E-state index contributed by atoms with van der Waals surface area (Å²) in [6.07, 6.45) is 3.64. The fourth-order valence-corrected chi connectivity index (χ4v) is 2.46. The number of para-hydroxylation sites is 2. The molecule has 2 N–H and O–H groups in total. The highest BCUT2D eigenvalue weighted by molar-refractivity contribution is 5.74. The van der Waals surface area contributed by atoms with Crippen molar-refractivity contribution in [2.24, 2.45) is 5.92 Å². The maximum atomic E-state index is 4.63. The van der Waals surface area contributed by atoms with Crippen molar-refractivity contribution >= 4 is 11.0 Å². The first-order valence-corrected chi connectivity index (χ1v) is 6.06. The Kier molecular flexibility index (Phi) is 2.62. The van der Waals surface area contributed by atoms with Gasteiger partial charge in [0.1, 0.15) is 5.82 Å². The Labute approximate surface area is 95.3 Å². The van der Waals surface area contributed by atoms with E-state index in [0.717, 1.165) is 42.3 Å². The van der Waals surface area contributed by atoms with Crippen LogP contribution in [-0.4, -0.2) is 23.1 Å². The fraction of sp³-hybridized carbons (Fsp3) is 0.462. The molecule has 1 aliphatic rings. The molecule has 1 saturated heterocycles. The Morgan fingerprint density at radius 2 is 2.00 bits per heavy atom. The van der Waals surface area contributed by atoms with Crippen molar-refractivity contribution in [2.45, 2.75) is 19.3 Å². The third-order valence-corrected chi connectivity index (χ3v) is 3.38. The lowest BCUT2D eigenvalue weighted by Gasteiger charge is -2.21. The average Bonchev–Trinajstić information content (AvgIpc) is 2.72. The molecule has 1 aromatic carbocycles. The van der Waals surface area contributed by atoms with Crippen LogP contribution in [0.1, 0.15) is 18.7 Å². The third kappa shape index (κ3) is 1.95. The summed E-state index contributed by atoms with van der Waals surface area (Å²) in [5.41, 5.74) is 2.25. The first-order valence-electron chi connectivity index (χ1n) is 6.06. The van der Waals surface area contributed by atoms with Crippen molar-refractivity contribution in [3.05, 3.63) is 30.1 Å². The second-order valence-electron chi connectivity index (χ2n) is 4.60. The Hall–Kier alpha value is -1.35. The van der Waals surface area contributed by atoms with Gasteiger partial charge in [-0.15, -0.1) is 0 Å². The first-order chi connectivity index (χ1) is 7.92. The number of hydrogen-bond donors (Lipinski definition) is 2. The predicted octanol–water partition coefficient (Wildman–Crippen LogP) is 2.10. The zero-order valence-electron chi connectivity index (χ0n) is 9.37. The lowest BCUT2D eigenvalue weighted by molar-refractivity contribution is 0.368. The molecule has 3 heteroatoms. The van der Waals surface area contributed by atoms with Gasteiger partial charge in [0.05, 0.1) is 11.0 Å². The highest BCUT2D eigenvalue weighted by atomic mass is 14.9. The minimum Gasteiger partial charge on any atom is -0.342 e. The molecule has 0 bridgehead atoms. The Balaban J connectivity index is 1.78. The molecule has 16 heavy (non-hydrogen) atoms. The van der Waals surface area contributed by atoms with Crippen LogP contribution >= 0.6 is 0 Å². The summed E-state index contributed by atoms with van der Waals surface area (Å²) in [5.74, 6) is 1.94. The number of nitrogens with zero attached hydrogens (tertiary/aromatic N) is 1. The van der Waals surface area contributed by atoms with Gasteiger partial charge in [0, 0.05) is 6.42 Å². The molecule has 0 aliphatic carbocycles. The van der Waals surface area contributed by atoms with Gasteiger partial charge < -0.3 is 10.3 Å². The number of aromatic nitrogens is 2. The van der Waals surface area contributed by atoms with E-state index in [1.54, 1.807) is 0 Å². The zero-order valence-corrected chi connectivity index (χ0v) is 9.37. The molecule has 3 nitrogen and oxygen atoms in total. The van der Waals surface area contributed by atoms with E-state index in [9.17, 15) is 0 Å².